The fourth-order valence-corrected chi connectivity index (χ4v) is 2.08. The minimum atomic E-state index is -1.28. The number of aliphatic hydroxyl groups is 1. The average molecular weight is 309 g/mol. The van der Waals surface area contributed by atoms with Crippen LogP contribution in [-0.2, 0) is 23.0 Å². The Morgan fingerprint density at radius 3 is 2.59 bits per heavy atom. The van der Waals surface area contributed by atoms with Crippen LogP contribution in [0.25, 0.3) is 0 Å². The maximum atomic E-state index is 11.5. The number of carbonyl (C=O) groups is 2. The summed E-state index contributed by atoms with van der Waals surface area (Å²) in [6.07, 6.45) is 0. The third-order valence-electron chi connectivity index (χ3n) is 1.98. The number of benzene rings is 1. The first-order valence-corrected chi connectivity index (χ1v) is 6.51. The molecule has 0 bridgehead atoms. The molecule has 0 heterocycles. The van der Waals surface area contributed by atoms with Gasteiger partial charge in [0.15, 0.2) is 0 Å². The Labute approximate surface area is 112 Å². The molecule has 0 saturated heterocycles. The normalized spacial score (nSPS) is 10.1. The van der Waals surface area contributed by atoms with E-state index in [0.29, 0.717) is 22.5 Å². The van der Waals surface area contributed by atoms with Crippen molar-refractivity contribution in [3.8, 4) is 0 Å². The number of aliphatic hydroxyl groups excluding tert-OH is 1. The van der Waals surface area contributed by atoms with Gasteiger partial charge in [-0.1, -0.05) is 0 Å². The molecule has 0 radical (unpaired) electrons. The van der Waals surface area contributed by atoms with Crippen LogP contribution in [0.4, 0.5) is 0 Å². The van der Waals surface area contributed by atoms with Crippen LogP contribution < -0.4 is 4.16 Å². The topological polar surface area (TPSA) is 83.8 Å². The van der Waals surface area contributed by atoms with Gasteiger partial charge in [0.2, 0.25) is 0 Å². The van der Waals surface area contributed by atoms with Crippen LogP contribution in [0.1, 0.15) is 20.7 Å². The van der Waals surface area contributed by atoms with E-state index >= 15 is 0 Å². The molecule has 0 unspecified atom stereocenters. The van der Waals surface area contributed by atoms with Crippen LogP contribution in [0, 0.1) is 0 Å². The number of carbonyl (C=O) groups excluding carboxylic acids is 1. The van der Waals surface area contributed by atoms with E-state index in [1.165, 1.54) is 6.07 Å². The predicted molar refractivity (Wildman–Crippen MR) is 55.4 cm³/mol. The summed E-state index contributed by atoms with van der Waals surface area (Å²) in [5.41, 5.74) is -0.355. The monoisotopic (exact) mass is 307 g/mol. The van der Waals surface area contributed by atoms with E-state index in [-0.39, 0.29) is 29.4 Å². The predicted octanol–water partition coefficient (Wildman–Crippen LogP) is 0.359. The number of carboxylic acid groups (broad SMARTS) is 1. The summed E-state index contributed by atoms with van der Waals surface area (Å²) in [6, 6.07) is 2.96. The van der Waals surface area contributed by atoms with Gasteiger partial charge in [-0.25, -0.2) is 0 Å². The fourth-order valence-electron chi connectivity index (χ4n) is 1.21. The second-order valence-corrected chi connectivity index (χ2v) is 5.10. The van der Waals surface area contributed by atoms with Crippen molar-refractivity contribution in [2.75, 3.05) is 13.2 Å². The number of hydrogen-bond acceptors (Lipinski definition) is 4. The van der Waals surface area contributed by atoms with E-state index in [0.717, 1.165) is 0 Å². The molecule has 87 valence electrons. The van der Waals surface area contributed by atoms with Crippen LogP contribution in [0.5, 0.6) is 0 Å². The third-order valence-corrected chi connectivity index (χ3v) is 4.12. The average Bonchev–Trinajstić information content (AvgIpc) is 2.28. The van der Waals surface area contributed by atoms with Gasteiger partial charge in [0.25, 0.3) is 0 Å². The standard InChI is InChI=1S/C10H8ClO5.Zn/c11-7-3-1-2-6(8(7)9(13)14)10(15)16-5-4-12;/h1-2,12H,4-5H2,(H,13,14);. The number of aromatic carboxylic acids is 1. The summed E-state index contributed by atoms with van der Waals surface area (Å²) < 4.78 is 5.35. The summed E-state index contributed by atoms with van der Waals surface area (Å²) in [4.78, 5) is 22.6. The summed E-state index contributed by atoms with van der Waals surface area (Å²) in [5.74, 6) is -2.08. The van der Waals surface area contributed by atoms with Crippen molar-refractivity contribution >= 4 is 27.7 Å². The van der Waals surface area contributed by atoms with Crippen molar-refractivity contribution in [2.45, 2.75) is 0 Å². The molecule has 0 amide bonds. The Kier molecular flexibility index (Phi) is 5.06. The van der Waals surface area contributed by atoms with Crippen LogP contribution in [0.15, 0.2) is 12.1 Å². The van der Waals surface area contributed by atoms with Crippen molar-refractivity contribution < 1.29 is 42.8 Å². The first-order chi connectivity index (χ1) is 7.99. The Bertz CT molecular complexity index is 460. The number of halogens is 1. The minimum absolute atomic E-state index is 0.0657. The van der Waals surface area contributed by atoms with Crippen LogP contribution in [0.2, 0.25) is 5.02 Å². The number of esters is 1. The number of carboxylic acids is 1. The van der Waals surface area contributed by atoms with Crippen molar-refractivity contribution in [2.24, 2.45) is 0 Å². The quantitative estimate of drug-likeness (QED) is 0.620. The molecular weight excluding hydrogens is 301 g/mol. The molecule has 0 aliphatic rings. The van der Waals surface area contributed by atoms with Crippen LogP contribution >= 0.6 is 11.6 Å². The van der Waals surface area contributed by atoms with Gasteiger partial charge >= 0.3 is 112 Å². The van der Waals surface area contributed by atoms with Gasteiger partial charge in [-0.2, -0.15) is 0 Å². The van der Waals surface area contributed by atoms with E-state index in [9.17, 15) is 9.59 Å². The summed E-state index contributed by atoms with van der Waals surface area (Å²) in [6.45, 7) is -0.503. The van der Waals surface area contributed by atoms with E-state index in [1.54, 1.807) is 6.07 Å². The van der Waals surface area contributed by atoms with Gasteiger partial charge in [0.1, 0.15) is 0 Å². The molecule has 0 atom stereocenters. The summed E-state index contributed by atoms with van der Waals surface area (Å²) in [5, 5.41) is 17.6. The van der Waals surface area contributed by atoms with Gasteiger partial charge in [-0.3, -0.25) is 0 Å². The Morgan fingerprint density at radius 2 is 2.06 bits per heavy atom. The molecule has 17 heavy (non-hydrogen) atoms. The molecule has 0 aliphatic carbocycles. The van der Waals surface area contributed by atoms with Gasteiger partial charge in [-0.05, 0) is 0 Å². The van der Waals surface area contributed by atoms with E-state index in [4.69, 9.17) is 21.8 Å². The zero-order valence-corrected chi connectivity index (χ0v) is 12.5. The molecular formula is C10H8ClO5Zn. The van der Waals surface area contributed by atoms with E-state index in [2.05, 4.69) is 4.74 Å². The molecule has 1 aromatic carbocycles. The maximum absolute atomic E-state index is 11.5. The second-order valence-electron chi connectivity index (χ2n) is 3.13. The van der Waals surface area contributed by atoms with Crippen molar-refractivity contribution in [3.63, 3.8) is 0 Å². The zero-order chi connectivity index (χ0) is 13.0. The first kappa shape index (κ1) is 14.1. The van der Waals surface area contributed by atoms with Crippen LogP contribution in [0.3, 0.4) is 0 Å². The van der Waals surface area contributed by atoms with Crippen LogP contribution in [-0.4, -0.2) is 35.4 Å². The van der Waals surface area contributed by atoms with Crippen molar-refractivity contribution in [3.05, 3.63) is 28.3 Å². The van der Waals surface area contributed by atoms with Gasteiger partial charge < -0.3 is 0 Å². The Morgan fingerprint density at radius 1 is 1.41 bits per heavy atom. The molecule has 1 rings (SSSR count). The molecule has 0 aliphatic heterocycles. The molecule has 0 saturated carbocycles. The second kappa shape index (κ2) is 6.10. The van der Waals surface area contributed by atoms with Gasteiger partial charge in [0, 0.05) is 0 Å². The fraction of sp³-hybridized carbons (Fsp3) is 0.200. The van der Waals surface area contributed by atoms with Gasteiger partial charge in [0.05, 0.1) is 0 Å². The SMILES string of the molecule is O=C(OCCO)c1cc[c]([Zn])c(Cl)c1C(=O)O. The Hall–Kier alpha value is -0.967. The molecule has 1 aromatic rings. The van der Waals surface area contributed by atoms with Gasteiger partial charge in [-0.15, -0.1) is 0 Å². The Balaban J connectivity index is 3.20. The number of ether oxygens (including phenoxy) is 1. The summed E-state index contributed by atoms with van der Waals surface area (Å²) in [7, 11) is 0. The summed E-state index contributed by atoms with van der Waals surface area (Å²) >= 11 is 6.55. The third kappa shape index (κ3) is 3.25. The molecule has 0 fully saturated rings. The molecule has 0 aromatic heterocycles. The number of hydrogen-bond donors (Lipinski definition) is 2. The molecule has 5 nitrogen and oxygen atoms in total. The van der Waals surface area contributed by atoms with Crippen molar-refractivity contribution in [1.82, 2.24) is 0 Å². The molecule has 2 N–H and O–H groups in total. The molecule has 0 spiro atoms. The van der Waals surface area contributed by atoms with Crippen molar-refractivity contribution in [1.29, 1.82) is 0 Å². The van der Waals surface area contributed by atoms with E-state index in [1.807, 2.05) is 0 Å². The molecule has 7 heteroatoms. The number of rotatable bonds is 4. The zero-order valence-electron chi connectivity index (χ0n) is 8.77. The first-order valence-electron chi connectivity index (χ1n) is 4.64. The van der Waals surface area contributed by atoms with E-state index < -0.39 is 11.9 Å².